The van der Waals surface area contributed by atoms with Crippen molar-refractivity contribution in [3.8, 4) is 5.75 Å². The van der Waals surface area contributed by atoms with Gasteiger partial charge in [-0.2, -0.15) is 13.0 Å². The van der Waals surface area contributed by atoms with Crippen LogP contribution in [0.3, 0.4) is 0 Å². The molecule has 0 radical (unpaired) electrons. The van der Waals surface area contributed by atoms with Gasteiger partial charge < -0.3 is 20.6 Å². The normalized spacial score (nSPS) is 16.2. The molecule has 0 unspecified atom stereocenters. The molecule has 324 valence electrons. The fourth-order valence-electron chi connectivity index (χ4n) is 8.39. The molecule has 11 heteroatoms. The van der Waals surface area contributed by atoms with Crippen LogP contribution < -0.4 is 15.5 Å². The summed E-state index contributed by atoms with van der Waals surface area (Å²) in [5, 5.41) is 15.2. The van der Waals surface area contributed by atoms with Crippen LogP contribution in [0.1, 0.15) is 88.1 Å². The molecule has 4 aromatic carbocycles. The number of phenols is 1. The number of amides is 2. The summed E-state index contributed by atoms with van der Waals surface area (Å²) in [6.07, 6.45) is 17.2. The lowest BCUT2D eigenvalue weighted by atomic mass is 9.81. The van der Waals surface area contributed by atoms with Gasteiger partial charge >= 0.3 is 0 Å². The topological polar surface area (TPSA) is 139 Å². The predicted octanol–water partition coefficient (Wildman–Crippen LogP) is 9.04. The number of carbonyl (C=O) groups excluding carboxylic acids is 2. The van der Waals surface area contributed by atoms with Crippen molar-refractivity contribution in [2.24, 2.45) is 0 Å². The van der Waals surface area contributed by atoms with E-state index in [1.54, 1.807) is 24.3 Å². The van der Waals surface area contributed by atoms with Crippen molar-refractivity contribution in [2.75, 3.05) is 31.1 Å². The average molecular weight is 856 g/mol. The summed E-state index contributed by atoms with van der Waals surface area (Å²) in [5.41, 5.74) is 8.71. The average Bonchev–Trinajstić information content (AvgIpc) is 3.59. The van der Waals surface area contributed by atoms with Crippen LogP contribution in [0, 0.1) is 0 Å². The highest BCUT2D eigenvalue weighted by Gasteiger charge is 2.45. The minimum atomic E-state index is -4.38. The maximum Gasteiger partial charge on any atom is 0.294 e. The van der Waals surface area contributed by atoms with E-state index in [4.69, 9.17) is 0 Å². The van der Waals surface area contributed by atoms with Crippen LogP contribution >= 0.6 is 0 Å². The van der Waals surface area contributed by atoms with E-state index in [0.29, 0.717) is 32.5 Å². The summed E-state index contributed by atoms with van der Waals surface area (Å²) < 4.78 is 36.3. The predicted molar refractivity (Wildman–Crippen MR) is 250 cm³/mol. The fraction of sp³-hybridized carbons (Fsp3) is 0.314. The van der Waals surface area contributed by atoms with Crippen LogP contribution in [0.25, 0.3) is 12.2 Å². The third-order valence-corrected chi connectivity index (χ3v) is 12.6. The number of rotatable bonds is 18. The van der Waals surface area contributed by atoms with Crippen molar-refractivity contribution in [1.82, 2.24) is 10.6 Å². The first-order valence-corrected chi connectivity index (χ1v) is 22.8. The van der Waals surface area contributed by atoms with Gasteiger partial charge in [0.1, 0.15) is 12.3 Å². The third-order valence-electron chi connectivity index (χ3n) is 11.8. The van der Waals surface area contributed by atoms with Crippen molar-refractivity contribution in [3.05, 3.63) is 155 Å². The number of para-hydroxylation sites is 1. The Morgan fingerprint density at radius 3 is 2.08 bits per heavy atom. The van der Waals surface area contributed by atoms with E-state index in [2.05, 4.69) is 97.2 Å². The van der Waals surface area contributed by atoms with E-state index in [0.717, 1.165) is 53.0 Å². The molecule has 2 amide bonds. The van der Waals surface area contributed by atoms with E-state index in [1.807, 2.05) is 60.7 Å². The SMILES string of the molecule is CCN1C(=CC=CC=CC2=[N+](CCCCCC(=O)NCCNC(=O)Cc3ccc(/C=C/c4ccc(O)cc4)cc3)c3ccc(S(=O)(=O)O)cc3C2(C)C)C(C)(C)c2ccccc21. The minimum Gasteiger partial charge on any atom is -0.508 e. The molecule has 0 aromatic heterocycles. The zero-order valence-corrected chi connectivity index (χ0v) is 37.2. The number of anilines is 1. The lowest BCUT2D eigenvalue weighted by molar-refractivity contribution is -0.438. The molecule has 4 aromatic rings. The lowest BCUT2D eigenvalue weighted by Crippen LogP contribution is -2.35. The highest BCUT2D eigenvalue weighted by Crippen LogP contribution is 2.47. The van der Waals surface area contributed by atoms with Gasteiger partial charge in [-0.3, -0.25) is 14.1 Å². The van der Waals surface area contributed by atoms with E-state index in [-0.39, 0.29) is 34.3 Å². The van der Waals surface area contributed by atoms with Crippen LogP contribution in [-0.4, -0.2) is 66.4 Å². The number of hydrogen-bond donors (Lipinski definition) is 4. The zero-order valence-electron chi connectivity index (χ0n) is 36.4. The lowest BCUT2D eigenvalue weighted by Gasteiger charge is -2.25. The molecular weight excluding hydrogens is 797 g/mol. The molecule has 0 atom stereocenters. The Balaban J connectivity index is 0.986. The molecule has 2 aliphatic heterocycles. The Bertz CT molecular complexity index is 2530. The fourth-order valence-corrected chi connectivity index (χ4v) is 8.90. The van der Waals surface area contributed by atoms with Crippen LogP contribution in [0.2, 0.25) is 0 Å². The van der Waals surface area contributed by atoms with Crippen molar-refractivity contribution in [3.63, 3.8) is 0 Å². The number of allylic oxidation sites excluding steroid dienone is 6. The molecule has 0 saturated heterocycles. The number of aromatic hydroxyl groups is 1. The van der Waals surface area contributed by atoms with Gasteiger partial charge in [0.25, 0.3) is 10.1 Å². The van der Waals surface area contributed by atoms with Crippen LogP contribution in [0.15, 0.2) is 132 Å². The molecule has 6 rings (SSSR count). The summed E-state index contributed by atoms with van der Waals surface area (Å²) in [4.78, 5) is 27.4. The van der Waals surface area contributed by atoms with Gasteiger partial charge in [-0.05, 0) is 92.3 Å². The zero-order chi connectivity index (χ0) is 44.5. The number of unbranched alkanes of at least 4 members (excludes halogenated alkanes) is 2. The first-order chi connectivity index (χ1) is 29.6. The maximum absolute atomic E-state index is 12.6. The van der Waals surface area contributed by atoms with Crippen LogP contribution in [0.5, 0.6) is 5.75 Å². The second-order valence-electron chi connectivity index (χ2n) is 16.9. The molecule has 0 aliphatic carbocycles. The highest BCUT2D eigenvalue weighted by atomic mass is 32.2. The largest absolute Gasteiger partial charge is 0.508 e. The molecule has 0 bridgehead atoms. The molecule has 62 heavy (non-hydrogen) atoms. The van der Waals surface area contributed by atoms with Gasteiger partial charge in [-0.15, -0.1) is 0 Å². The van der Waals surface area contributed by atoms with E-state index >= 15 is 0 Å². The Morgan fingerprint density at radius 1 is 0.742 bits per heavy atom. The van der Waals surface area contributed by atoms with Crippen molar-refractivity contribution >= 4 is 51.2 Å². The first kappa shape index (κ1) is 45.5. The molecule has 10 nitrogen and oxygen atoms in total. The van der Waals surface area contributed by atoms with Gasteiger partial charge in [0, 0.05) is 67.0 Å². The van der Waals surface area contributed by atoms with Crippen LogP contribution in [-0.2, 0) is 37.0 Å². The van der Waals surface area contributed by atoms with Gasteiger partial charge in [0.15, 0.2) is 5.71 Å². The molecular formula is C51H59N4O6S+. The van der Waals surface area contributed by atoms with Gasteiger partial charge in [0.2, 0.25) is 17.5 Å². The van der Waals surface area contributed by atoms with Gasteiger partial charge in [0.05, 0.1) is 16.7 Å². The molecule has 4 N–H and O–H groups in total. The van der Waals surface area contributed by atoms with E-state index < -0.39 is 15.5 Å². The number of hydrogen-bond acceptors (Lipinski definition) is 6. The summed E-state index contributed by atoms with van der Waals surface area (Å²) in [5.74, 6) is 0.0453. The second-order valence-corrected chi connectivity index (χ2v) is 18.3. The Labute approximate surface area is 366 Å². The van der Waals surface area contributed by atoms with Crippen LogP contribution in [0.4, 0.5) is 11.4 Å². The number of nitrogens with one attached hydrogen (secondary N) is 2. The highest BCUT2D eigenvalue weighted by molar-refractivity contribution is 7.85. The van der Waals surface area contributed by atoms with Crippen molar-refractivity contribution in [1.29, 1.82) is 0 Å². The molecule has 0 saturated carbocycles. The quantitative estimate of drug-likeness (QED) is 0.0258. The molecule has 2 aliphatic rings. The van der Waals surface area contributed by atoms with Crippen molar-refractivity contribution < 1.29 is 32.2 Å². The Hall–Kier alpha value is -6.04. The first-order valence-electron chi connectivity index (χ1n) is 21.4. The maximum atomic E-state index is 12.6. The summed E-state index contributed by atoms with van der Waals surface area (Å²) in [6, 6.07) is 28.0. The van der Waals surface area contributed by atoms with E-state index in [1.165, 1.54) is 23.0 Å². The number of carbonyl (C=O) groups is 2. The Morgan fingerprint density at radius 2 is 1.40 bits per heavy atom. The summed E-state index contributed by atoms with van der Waals surface area (Å²) >= 11 is 0. The Kier molecular flexibility index (Phi) is 14.5. The molecule has 0 spiro atoms. The van der Waals surface area contributed by atoms with Crippen molar-refractivity contribution in [2.45, 2.75) is 82.4 Å². The summed E-state index contributed by atoms with van der Waals surface area (Å²) in [6.45, 7) is 13.0. The monoisotopic (exact) mass is 855 g/mol. The second kappa shape index (κ2) is 19.8. The van der Waals surface area contributed by atoms with E-state index in [9.17, 15) is 27.7 Å². The summed E-state index contributed by atoms with van der Waals surface area (Å²) in [7, 11) is -4.38. The number of benzene rings is 4. The standard InChI is InChI=1S/C51H58N4O6S/c1-6-54-44-16-13-12-15-42(44)50(2,3)46(54)17-9-7-10-18-47-51(4,5)43-36-41(62(59,60)61)30-31-45(43)55(47)34-14-8-11-19-48(57)52-32-33-53-49(58)35-39-24-22-37(23-25-39)20-21-38-26-28-40(56)29-27-38/h7,9-10,12-13,15-18,20-31,36H,6,8,11,14,19,32-35H2,1-5H3,(H3-,52,53,56,57,58,59,60,61)/p+1/b21-20+. The third kappa shape index (κ3) is 10.9. The minimum absolute atomic E-state index is 0.0653. The number of fused-ring (bicyclic) bond motifs is 2. The number of nitrogens with zero attached hydrogens (tertiary/aromatic N) is 2. The number of likely N-dealkylation sites (N-methyl/N-ethyl adjacent to an activating group) is 1. The number of phenolic OH excluding ortho intramolecular Hbond substituents is 1. The van der Waals surface area contributed by atoms with Gasteiger partial charge in [-0.1, -0.05) is 98.8 Å². The molecule has 2 heterocycles. The van der Waals surface area contributed by atoms with Gasteiger partial charge in [-0.25, -0.2) is 0 Å². The smallest absolute Gasteiger partial charge is 0.294 e. The molecule has 0 fully saturated rings.